The van der Waals surface area contributed by atoms with Gasteiger partial charge in [0.2, 0.25) is 11.8 Å². The smallest absolute Gasteiger partial charge is 0.230 e. The molecular weight excluding hydrogens is 340 g/mol. The van der Waals surface area contributed by atoms with E-state index in [1.54, 1.807) is 13.2 Å². The van der Waals surface area contributed by atoms with E-state index < -0.39 is 5.41 Å². The molecular formula is C22H28N2O3. The number of hydrogen-bond acceptors (Lipinski definition) is 3. The number of amides is 2. The number of piperidine rings is 1. The summed E-state index contributed by atoms with van der Waals surface area (Å²) < 4.78 is 5.38. The molecule has 1 saturated heterocycles. The maximum absolute atomic E-state index is 13.3. The van der Waals surface area contributed by atoms with Crippen LogP contribution in [-0.4, -0.2) is 35.8 Å². The van der Waals surface area contributed by atoms with E-state index in [9.17, 15) is 9.59 Å². The van der Waals surface area contributed by atoms with Crippen molar-refractivity contribution in [1.29, 1.82) is 0 Å². The first-order valence-electron chi connectivity index (χ1n) is 9.66. The maximum atomic E-state index is 13.3. The van der Waals surface area contributed by atoms with Gasteiger partial charge in [-0.1, -0.05) is 30.3 Å². The number of nitrogens with zero attached hydrogens (tertiary/aromatic N) is 1. The summed E-state index contributed by atoms with van der Waals surface area (Å²) >= 11 is 0. The van der Waals surface area contributed by atoms with Crippen LogP contribution in [0.4, 0.5) is 0 Å². The van der Waals surface area contributed by atoms with Crippen molar-refractivity contribution in [3.05, 3.63) is 60.1 Å². The van der Waals surface area contributed by atoms with Crippen LogP contribution in [0, 0.1) is 0 Å². The molecule has 1 fully saturated rings. The number of benzene rings is 1. The molecule has 1 aromatic carbocycles. The van der Waals surface area contributed by atoms with Crippen molar-refractivity contribution in [1.82, 2.24) is 10.2 Å². The third kappa shape index (κ3) is 4.41. The summed E-state index contributed by atoms with van der Waals surface area (Å²) in [5, 5.41) is 3.21. The molecule has 2 aromatic rings. The molecule has 5 nitrogen and oxygen atoms in total. The molecule has 0 bridgehead atoms. The predicted octanol–water partition coefficient (Wildman–Crippen LogP) is 3.30. The average Bonchev–Trinajstić information content (AvgIpc) is 3.20. The Kier molecular flexibility index (Phi) is 5.99. The first kappa shape index (κ1) is 19.2. The summed E-state index contributed by atoms with van der Waals surface area (Å²) in [6, 6.07) is 13.8. The fraction of sp³-hybridized carbons (Fsp3) is 0.455. The predicted molar refractivity (Wildman–Crippen MR) is 104 cm³/mol. The van der Waals surface area contributed by atoms with Crippen LogP contribution in [0.3, 0.4) is 0 Å². The Morgan fingerprint density at radius 2 is 1.85 bits per heavy atom. The third-order valence-corrected chi connectivity index (χ3v) is 5.60. The standard InChI is InChI=1S/C22H28N2O3/c1-17(10-11-20-9-6-16-27-20)23-21(26)22(19-7-4-3-5-8-19)12-14-24(15-13-22)18(2)25/h3-9,16-17H,10-15H2,1-2H3,(H,23,26). The lowest BCUT2D eigenvalue weighted by atomic mass is 9.71. The van der Waals surface area contributed by atoms with Crippen LogP contribution in [0.15, 0.2) is 53.1 Å². The van der Waals surface area contributed by atoms with Gasteiger partial charge in [0.1, 0.15) is 5.76 Å². The molecule has 5 heteroatoms. The number of rotatable bonds is 6. The van der Waals surface area contributed by atoms with E-state index in [0.717, 1.165) is 24.2 Å². The SMILES string of the molecule is CC(=O)N1CCC(C(=O)NC(C)CCc2ccco2)(c2ccccc2)CC1. The monoisotopic (exact) mass is 368 g/mol. The molecule has 144 valence electrons. The van der Waals surface area contributed by atoms with Crippen molar-refractivity contribution in [2.75, 3.05) is 13.1 Å². The van der Waals surface area contributed by atoms with Crippen LogP contribution < -0.4 is 5.32 Å². The summed E-state index contributed by atoms with van der Waals surface area (Å²) in [4.78, 5) is 26.9. The highest BCUT2D eigenvalue weighted by Gasteiger charge is 2.43. The number of furan rings is 1. The lowest BCUT2D eigenvalue weighted by molar-refractivity contribution is -0.135. The van der Waals surface area contributed by atoms with Gasteiger partial charge in [-0.05, 0) is 43.9 Å². The molecule has 1 N–H and O–H groups in total. The van der Waals surface area contributed by atoms with E-state index >= 15 is 0 Å². The Morgan fingerprint density at radius 3 is 2.44 bits per heavy atom. The second-order valence-electron chi connectivity index (χ2n) is 7.45. The van der Waals surface area contributed by atoms with Crippen molar-refractivity contribution < 1.29 is 14.0 Å². The second kappa shape index (κ2) is 8.42. The van der Waals surface area contributed by atoms with Gasteiger partial charge in [-0.2, -0.15) is 0 Å². The molecule has 0 saturated carbocycles. The summed E-state index contributed by atoms with van der Waals surface area (Å²) in [6.07, 6.45) is 4.58. The minimum Gasteiger partial charge on any atom is -0.469 e. The summed E-state index contributed by atoms with van der Waals surface area (Å²) in [7, 11) is 0. The number of nitrogens with one attached hydrogen (secondary N) is 1. The van der Waals surface area contributed by atoms with Gasteiger partial charge in [-0.3, -0.25) is 9.59 Å². The summed E-state index contributed by atoms with van der Waals surface area (Å²) in [5.41, 5.74) is 0.454. The molecule has 0 radical (unpaired) electrons. The zero-order valence-electron chi connectivity index (χ0n) is 16.1. The molecule has 0 spiro atoms. The molecule has 2 amide bonds. The maximum Gasteiger partial charge on any atom is 0.230 e. The van der Waals surface area contributed by atoms with Crippen LogP contribution in [0.2, 0.25) is 0 Å². The lowest BCUT2D eigenvalue weighted by Gasteiger charge is -2.41. The Hall–Kier alpha value is -2.56. The number of likely N-dealkylation sites (tertiary alicyclic amines) is 1. The highest BCUT2D eigenvalue weighted by molar-refractivity contribution is 5.89. The molecule has 3 rings (SSSR count). The number of carbonyl (C=O) groups excluding carboxylic acids is 2. The Morgan fingerprint density at radius 1 is 1.15 bits per heavy atom. The first-order chi connectivity index (χ1) is 13.0. The van der Waals surface area contributed by atoms with Crippen molar-refractivity contribution in [2.45, 2.75) is 51.0 Å². The largest absolute Gasteiger partial charge is 0.469 e. The van der Waals surface area contributed by atoms with Crippen molar-refractivity contribution in [3.8, 4) is 0 Å². The normalized spacial score (nSPS) is 17.3. The van der Waals surface area contributed by atoms with Gasteiger partial charge in [0, 0.05) is 32.5 Å². The lowest BCUT2D eigenvalue weighted by Crippen LogP contribution is -2.54. The summed E-state index contributed by atoms with van der Waals surface area (Å²) in [5.74, 6) is 1.07. The topological polar surface area (TPSA) is 62.6 Å². The third-order valence-electron chi connectivity index (χ3n) is 5.60. The Balaban J connectivity index is 1.71. The molecule has 1 aromatic heterocycles. The number of hydrogen-bond donors (Lipinski definition) is 1. The van der Waals surface area contributed by atoms with Crippen LogP contribution in [0.1, 0.15) is 44.4 Å². The van der Waals surface area contributed by atoms with Gasteiger partial charge >= 0.3 is 0 Å². The zero-order chi connectivity index (χ0) is 19.3. The highest BCUT2D eigenvalue weighted by atomic mass is 16.3. The molecule has 27 heavy (non-hydrogen) atoms. The number of aryl methyl sites for hydroxylation is 1. The minimum atomic E-state index is -0.577. The van der Waals surface area contributed by atoms with Crippen molar-refractivity contribution >= 4 is 11.8 Å². The molecule has 2 heterocycles. The molecule has 1 aliphatic heterocycles. The van der Waals surface area contributed by atoms with Crippen molar-refractivity contribution in [2.24, 2.45) is 0 Å². The highest BCUT2D eigenvalue weighted by Crippen LogP contribution is 2.36. The fourth-order valence-electron chi connectivity index (χ4n) is 3.86. The van der Waals surface area contributed by atoms with E-state index in [0.29, 0.717) is 25.9 Å². The molecule has 1 unspecified atom stereocenters. The van der Waals surface area contributed by atoms with Crippen LogP contribution in [0.25, 0.3) is 0 Å². The van der Waals surface area contributed by atoms with Gasteiger partial charge in [0.25, 0.3) is 0 Å². The van der Waals surface area contributed by atoms with Gasteiger partial charge in [0.05, 0.1) is 11.7 Å². The Bertz CT molecular complexity index is 747. The zero-order valence-corrected chi connectivity index (χ0v) is 16.1. The average molecular weight is 368 g/mol. The van der Waals surface area contributed by atoms with E-state index in [1.165, 1.54) is 0 Å². The van der Waals surface area contributed by atoms with Crippen LogP contribution >= 0.6 is 0 Å². The quantitative estimate of drug-likeness (QED) is 0.851. The van der Waals surface area contributed by atoms with Crippen molar-refractivity contribution in [3.63, 3.8) is 0 Å². The second-order valence-corrected chi connectivity index (χ2v) is 7.45. The van der Waals surface area contributed by atoms with Crippen LogP contribution in [0.5, 0.6) is 0 Å². The van der Waals surface area contributed by atoms with E-state index in [2.05, 4.69) is 5.32 Å². The van der Waals surface area contributed by atoms with E-state index in [-0.39, 0.29) is 17.9 Å². The molecule has 0 aliphatic carbocycles. The van der Waals surface area contributed by atoms with Gasteiger partial charge < -0.3 is 14.6 Å². The molecule has 1 aliphatic rings. The first-order valence-corrected chi connectivity index (χ1v) is 9.66. The fourth-order valence-corrected chi connectivity index (χ4v) is 3.86. The number of carbonyl (C=O) groups is 2. The van der Waals surface area contributed by atoms with Gasteiger partial charge in [0.15, 0.2) is 0 Å². The Labute approximate surface area is 160 Å². The molecule has 1 atom stereocenters. The van der Waals surface area contributed by atoms with E-state index in [4.69, 9.17) is 4.42 Å². The van der Waals surface area contributed by atoms with Crippen LogP contribution in [-0.2, 0) is 21.4 Å². The minimum absolute atomic E-state index is 0.0500. The van der Waals surface area contributed by atoms with Gasteiger partial charge in [-0.25, -0.2) is 0 Å². The van der Waals surface area contributed by atoms with Gasteiger partial charge in [-0.15, -0.1) is 0 Å². The summed E-state index contributed by atoms with van der Waals surface area (Å²) in [6.45, 7) is 4.84. The van der Waals surface area contributed by atoms with E-state index in [1.807, 2.05) is 54.3 Å².